The summed E-state index contributed by atoms with van der Waals surface area (Å²) in [7, 11) is 0. The van der Waals surface area contributed by atoms with Crippen molar-refractivity contribution in [1.29, 1.82) is 0 Å². The van der Waals surface area contributed by atoms with Crippen molar-refractivity contribution in [2.45, 2.75) is 77.2 Å². The third kappa shape index (κ3) is 4.38. The number of carboxylic acids is 1. The van der Waals surface area contributed by atoms with E-state index in [0.717, 1.165) is 25.7 Å². The molecule has 2 amide bonds. The van der Waals surface area contributed by atoms with Crippen LogP contribution in [0.15, 0.2) is 0 Å². The maximum absolute atomic E-state index is 12.7. The number of nitrogens with one attached hydrogen (secondary N) is 1. The minimum Gasteiger partial charge on any atom is -0.481 e. The molecule has 6 nitrogen and oxygen atoms in total. The van der Waals surface area contributed by atoms with Gasteiger partial charge in [-0.1, -0.05) is 12.8 Å². The molecule has 2 N–H and O–H groups in total. The number of carbonyl (C=O) groups excluding carboxylic acids is 2. The lowest BCUT2D eigenvalue weighted by Crippen LogP contribution is -2.42. The van der Waals surface area contributed by atoms with Crippen LogP contribution in [-0.4, -0.2) is 46.9 Å². The van der Waals surface area contributed by atoms with Crippen LogP contribution in [0.3, 0.4) is 0 Å². The van der Waals surface area contributed by atoms with E-state index >= 15 is 0 Å². The van der Waals surface area contributed by atoms with Crippen LogP contribution in [0.2, 0.25) is 0 Å². The molecule has 2 saturated carbocycles. The smallest absolute Gasteiger partial charge is 0.311 e. The van der Waals surface area contributed by atoms with Crippen LogP contribution in [-0.2, 0) is 14.4 Å². The molecule has 1 unspecified atom stereocenters. The highest BCUT2D eigenvalue weighted by molar-refractivity contribution is 5.82. The van der Waals surface area contributed by atoms with E-state index in [0.29, 0.717) is 31.8 Å². The van der Waals surface area contributed by atoms with Gasteiger partial charge in [0.1, 0.15) is 0 Å². The van der Waals surface area contributed by atoms with Gasteiger partial charge in [0.15, 0.2) is 0 Å². The summed E-state index contributed by atoms with van der Waals surface area (Å²) in [6, 6.07) is 0.191. The first-order chi connectivity index (χ1) is 12.4. The van der Waals surface area contributed by atoms with E-state index in [1.54, 1.807) is 11.8 Å². The minimum absolute atomic E-state index is 0.0193. The number of hydrogen-bond donors (Lipinski definition) is 2. The molecule has 0 aromatic rings. The van der Waals surface area contributed by atoms with Gasteiger partial charge in [-0.3, -0.25) is 14.4 Å². The van der Waals surface area contributed by atoms with Crippen LogP contribution in [0.5, 0.6) is 0 Å². The zero-order valence-electron chi connectivity index (χ0n) is 15.8. The molecule has 26 heavy (non-hydrogen) atoms. The third-order valence-electron chi connectivity index (χ3n) is 6.69. The lowest BCUT2D eigenvalue weighted by molar-refractivity contribution is -0.147. The SMILES string of the molecule is CC1(C(=O)O)CCN(C(=O)C2CCC(NC(=O)CC3CCCC3)CC2)C1. The molecule has 1 heterocycles. The number of aliphatic carboxylic acids is 1. The highest BCUT2D eigenvalue weighted by Crippen LogP contribution is 2.34. The van der Waals surface area contributed by atoms with E-state index in [-0.39, 0.29) is 23.8 Å². The number of hydrogen-bond acceptors (Lipinski definition) is 3. The van der Waals surface area contributed by atoms with Crippen LogP contribution in [0, 0.1) is 17.3 Å². The molecule has 0 radical (unpaired) electrons. The highest BCUT2D eigenvalue weighted by atomic mass is 16.4. The quantitative estimate of drug-likeness (QED) is 0.785. The van der Waals surface area contributed by atoms with Gasteiger partial charge in [-0.2, -0.15) is 0 Å². The molecule has 0 bridgehead atoms. The predicted octanol–water partition coefficient (Wildman–Crippen LogP) is 2.56. The van der Waals surface area contributed by atoms with Gasteiger partial charge < -0.3 is 15.3 Å². The molecule has 3 aliphatic rings. The maximum Gasteiger partial charge on any atom is 0.311 e. The number of carbonyl (C=O) groups is 3. The van der Waals surface area contributed by atoms with Gasteiger partial charge in [0.05, 0.1) is 5.41 Å². The Morgan fingerprint density at radius 2 is 1.73 bits per heavy atom. The first kappa shape index (κ1) is 19.2. The van der Waals surface area contributed by atoms with E-state index in [1.807, 2.05) is 0 Å². The Labute approximate surface area is 155 Å². The standard InChI is InChI=1S/C20H32N2O4/c1-20(19(25)26)10-11-22(13-20)18(24)15-6-8-16(9-7-15)21-17(23)12-14-4-2-3-5-14/h14-16H,2-13H2,1H3,(H,21,23)(H,25,26). The summed E-state index contributed by atoms with van der Waals surface area (Å²) in [5.74, 6) is -0.00334. The van der Waals surface area contributed by atoms with E-state index in [4.69, 9.17) is 0 Å². The van der Waals surface area contributed by atoms with E-state index in [2.05, 4.69) is 5.32 Å². The van der Waals surface area contributed by atoms with Crippen molar-refractivity contribution < 1.29 is 19.5 Å². The van der Waals surface area contributed by atoms with Crippen LogP contribution < -0.4 is 5.32 Å². The van der Waals surface area contributed by atoms with Crippen molar-refractivity contribution in [3.05, 3.63) is 0 Å². The number of amides is 2. The maximum atomic E-state index is 12.7. The second-order valence-electron chi connectivity index (χ2n) is 8.85. The second-order valence-corrected chi connectivity index (χ2v) is 8.85. The molecule has 0 aromatic heterocycles. The Kier molecular flexibility index (Phi) is 5.88. The Balaban J connectivity index is 1.41. The molecule has 6 heteroatoms. The first-order valence-electron chi connectivity index (χ1n) is 10.2. The van der Waals surface area contributed by atoms with Gasteiger partial charge in [0.25, 0.3) is 0 Å². The van der Waals surface area contributed by atoms with Gasteiger partial charge in [-0.25, -0.2) is 0 Å². The molecular weight excluding hydrogens is 332 g/mol. The fourth-order valence-corrected chi connectivity index (χ4v) is 4.83. The minimum atomic E-state index is -0.818. The lowest BCUT2D eigenvalue weighted by atomic mass is 9.85. The highest BCUT2D eigenvalue weighted by Gasteiger charge is 2.43. The van der Waals surface area contributed by atoms with Crippen molar-refractivity contribution >= 4 is 17.8 Å². The third-order valence-corrected chi connectivity index (χ3v) is 6.69. The molecule has 0 spiro atoms. The monoisotopic (exact) mass is 364 g/mol. The lowest BCUT2D eigenvalue weighted by Gasteiger charge is -2.31. The van der Waals surface area contributed by atoms with E-state index in [9.17, 15) is 19.5 Å². The summed E-state index contributed by atoms with van der Waals surface area (Å²) < 4.78 is 0. The topological polar surface area (TPSA) is 86.7 Å². The molecule has 3 rings (SSSR count). The van der Waals surface area contributed by atoms with Crippen LogP contribution in [0.4, 0.5) is 0 Å². The molecule has 3 fully saturated rings. The molecule has 1 saturated heterocycles. The molecular formula is C20H32N2O4. The summed E-state index contributed by atoms with van der Waals surface area (Å²) >= 11 is 0. The zero-order chi connectivity index (χ0) is 18.7. The molecule has 0 aromatic carbocycles. The second kappa shape index (κ2) is 7.97. The number of carboxylic acid groups (broad SMARTS) is 1. The van der Waals surface area contributed by atoms with Gasteiger partial charge >= 0.3 is 5.97 Å². The first-order valence-corrected chi connectivity index (χ1v) is 10.2. The predicted molar refractivity (Wildman–Crippen MR) is 97.4 cm³/mol. The van der Waals surface area contributed by atoms with Gasteiger partial charge in [-0.15, -0.1) is 0 Å². The van der Waals surface area contributed by atoms with Crippen molar-refractivity contribution in [2.24, 2.45) is 17.3 Å². The van der Waals surface area contributed by atoms with Crippen molar-refractivity contribution in [1.82, 2.24) is 10.2 Å². The average Bonchev–Trinajstić information content (AvgIpc) is 3.25. The summed E-state index contributed by atoms with van der Waals surface area (Å²) in [5.41, 5.74) is -0.804. The van der Waals surface area contributed by atoms with Crippen molar-refractivity contribution in [3.63, 3.8) is 0 Å². The number of nitrogens with zero attached hydrogens (tertiary/aromatic N) is 1. The summed E-state index contributed by atoms with van der Waals surface area (Å²) in [5, 5.41) is 12.5. The van der Waals surface area contributed by atoms with Gasteiger partial charge in [0.2, 0.25) is 11.8 Å². The van der Waals surface area contributed by atoms with Crippen LogP contribution in [0.25, 0.3) is 0 Å². The van der Waals surface area contributed by atoms with Crippen LogP contribution >= 0.6 is 0 Å². The van der Waals surface area contributed by atoms with E-state index < -0.39 is 11.4 Å². The summed E-state index contributed by atoms with van der Waals surface area (Å²) in [6.45, 7) is 2.58. The van der Waals surface area contributed by atoms with E-state index in [1.165, 1.54) is 25.7 Å². The zero-order valence-corrected chi connectivity index (χ0v) is 15.8. The fraction of sp³-hybridized carbons (Fsp3) is 0.850. The average molecular weight is 364 g/mol. The van der Waals surface area contributed by atoms with Gasteiger partial charge in [-0.05, 0) is 57.8 Å². The van der Waals surface area contributed by atoms with Crippen molar-refractivity contribution in [2.75, 3.05) is 13.1 Å². The Bertz CT molecular complexity index is 550. The molecule has 1 atom stereocenters. The molecule has 146 valence electrons. The normalized spacial score (nSPS) is 32.6. The Morgan fingerprint density at radius 3 is 2.31 bits per heavy atom. The summed E-state index contributed by atoms with van der Waals surface area (Å²) in [4.78, 5) is 38.0. The number of likely N-dealkylation sites (tertiary alicyclic amines) is 1. The fourth-order valence-electron chi connectivity index (χ4n) is 4.83. The summed E-state index contributed by atoms with van der Waals surface area (Å²) in [6.07, 6.45) is 9.31. The number of rotatable bonds is 5. The molecule has 2 aliphatic carbocycles. The van der Waals surface area contributed by atoms with Gasteiger partial charge in [0, 0.05) is 31.5 Å². The van der Waals surface area contributed by atoms with Crippen molar-refractivity contribution in [3.8, 4) is 0 Å². The molecule has 1 aliphatic heterocycles. The largest absolute Gasteiger partial charge is 0.481 e. The Hall–Kier alpha value is -1.59. The Morgan fingerprint density at radius 1 is 1.08 bits per heavy atom. The van der Waals surface area contributed by atoms with Crippen LogP contribution in [0.1, 0.15) is 71.1 Å².